The highest BCUT2D eigenvalue weighted by Crippen LogP contribution is 2.31. The molecule has 1 atom stereocenters. The van der Waals surface area contributed by atoms with Gasteiger partial charge < -0.3 is 9.64 Å². The second kappa shape index (κ2) is 8.32. The first-order valence-corrected chi connectivity index (χ1v) is 11.0. The van der Waals surface area contributed by atoms with Crippen molar-refractivity contribution >= 4 is 21.6 Å². The molecule has 3 rings (SSSR count). The van der Waals surface area contributed by atoms with Crippen molar-refractivity contribution in [1.82, 2.24) is 4.31 Å². The number of nitrogens with zero attached hydrogens (tertiary/aromatic N) is 2. The number of sulfonamides is 1. The number of rotatable bonds is 7. The maximum Gasteiger partial charge on any atom is 0.265 e. The molecule has 2 aromatic rings. The van der Waals surface area contributed by atoms with Gasteiger partial charge in [0.2, 0.25) is 10.0 Å². The van der Waals surface area contributed by atoms with Crippen molar-refractivity contribution in [2.24, 2.45) is 0 Å². The zero-order valence-corrected chi connectivity index (χ0v) is 17.3. The normalized spacial score (nSPS) is 16.3. The molecule has 0 saturated heterocycles. The Hall–Kier alpha value is -2.38. The molecule has 1 aliphatic rings. The van der Waals surface area contributed by atoms with Crippen molar-refractivity contribution in [1.29, 1.82) is 0 Å². The average Bonchev–Trinajstić information content (AvgIpc) is 3.03. The number of para-hydroxylation sites is 1. The zero-order chi connectivity index (χ0) is 20.3. The molecule has 7 heteroatoms. The van der Waals surface area contributed by atoms with Crippen molar-refractivity contribution in [3.05, 3.63) is 54.1 Å². The number of carbonyl (C=O) groups is 1. The number of carbonyl (C=O) groups excluding carboxylic acids is 1. The van der Waals surface area contributed by atoms with Gasteiger partial charge in [-0.1, -0.05) is 32.0 Å². The number of anilines is 1. The molecule has 1 heterocycles. The van der Waals surface area contributed by atoms with E-state index in [9.17, 15) is 13.2 Å². The Kier molecular flexibility index (Phi) is 6.05. The number of hydrogen-bond acceptors (Lipinski definition) is 4. The van der Waals surface area contributed by atoms with E-state index in [2.05, 4.69) is 0 Å². The third kappa shape index (κ3) is 3.91. The van der Waals surface area contributed by atoms with Crippen LogP contribution in [0.4, 0.5) is 5.69 Å². The summed E-state index contributed by atoms with van der Waals surface area (Å²) in [6.45, 7) is 6.37. The SMILES string of the molecule is CCN(CC)S(=O)(=O)c1ccc(OCC(=O)N2c3ccccc3C[C@@H]2C)cc1. The van der Waals surface area contributed by atoms with Crippen LogP contribution in [0.25, 0.3) is 0 Å². The Bertz CT molecular complexity index is 937. The number of ether oxygens (including phenoxy) is 1. The van der Waals surface area contributed by atoms with Crippen LogP contribution in [0.15, 0.2) is 53.4 Å². The van der Waals surface area contributed by atoms with Gasteiger partial charge in [-0.25, -0.2) is 8.42 Å². The summed E-state index contributed by atoms with van der Waals surface area (Å²) in [4.78, 5) is 14.7. The molecule has 0 aromatic heterocycles. The largest absolute Gasteiger partial charge is 0.484 e. The quantitative estimate of drug-likeness (QED) is 0.714. The minimum absolute atomic E-state index is 0.0927. The van der Waals surface area contributed by atoms with E-state index in [4.69, 9.17) is 4.74 Å². The summed E-state index contributed by atoms with van der Waals surface area (Å²) in [5.41, 5.74) is 2.10. The molecule has 1 aliphatic heterocycles. The number of amides is 1. The van der Waals surface area contributed by atoms with Crippen LogP contribution in [0.2, 0.25) is 0 Å². The molecule has 1 amide bonds. The summed E-state index contributed by atoms with van der Waals surface area (Å²) < 4.78 is 32.1. The maximum absolute atomic E-state index is 12.7. The van der Waals surface area contributed by atoms with E-state index in [1.54, 1.807) is 17.0 Å². The molecular formula is C21H26N2O4S. The molecule has 0 spiro atoms. The topological polar surface area (TPSA) is 66.9 Å². The second-order valence-corrected chi connectivity index (χ2v) is 8.73. The van der Waals surface area contributed by atoms with Gasteiger partial charge in [0.05, 0.1) is 4.90 Å². The van der Waals surface area contributed by atoms with Crippen molar-refractivity contribution in [2.75, 3.05) is 24.6 Å². The van der Waals surface area contributed by atoms with Crippen LogP contribution in [0.5, 0.6) is 5.75 Å². The van der Waals surface area contributed by atoms with Gasteiger partial charge in [-0.3, -0.25) is 4.79 Å². The van der Waals surface area contributed by atoms with E-state index < -0.39 is 10.0 Å². The van der Waals surface area contributed by atoms with Crippen LogP contribution in [0.3, 0.4) is 0 Å². The first kappa shape index (κ1) is 20.4. The number of hydrogen-bond donors (Lipinski definition) is 0. The van der Waals surface area contributed by atoms with Gasteiger partial charge in [0.1, 0.15) is 5.75 Å². The first-order valence-electron chi connectivity index (χ1n) is 9.51. The summed E-state index contributed by atoms with van der Waals surface area (Å²) in [5, 5.41) is 0. The third-order valence-corrected chi connectivity index (χ3v) is 7.07. The Morgan fingerprint density at radius 3 is 2.39 bits per heavy atom. The summed E-state index contributed by atoms with van der Waals surface area (Å²) in [6.07, 6.45) is 0.833. The maximum atomic E-state index is 12.7. The molecule has 150 valence electrons. The minimum atomic E-state index is -3.50. The van der Waals surface area contributed by atoms with Crippen LogP contribution < -0.4 is 9.64 Å². The Morgan fingerprint density at radius 1 is 1.11 bits per heavy atom. The van der Waals surface area contributed by atoms with Gasteiger partial charge in [0.15, 0.2) is 6.61 Å². The van der Waals surface area contributed by atoms with Gasteiger partial charge in [-0.15, -0.1) is 0 Å². The zero-order valence-electron chi connectivity index (χ0n) is 16.5. The van der Waals surface area contributed by atoms with E-state index in [1.165, 1.54) is 16.4 Å². The Balaban J connectivity index is 1.66. The summed E-state index contributed by atoms with van der Waals surface area (Å²) >= 11 is 0. The molecule has 0 radical (unpaired) electrons. The lowest BCUT2D eigenvalue weighted by Gasteiger charge is -2.23. The summed E-state index contributed by atoms with van der Waals surface area (Å²) in [7, 11) is -3.50. The highest BCUT2D eigenvalue weighted by atomic mass is 32.2. The van der Waals surface area contributed by atoms with Crippen molar-refractivity contribution in [2.45, 2.75) is 38.1 Å². The summed E-state index contributed by atoms with van der Waals surface area (Å²) in [6, 6.07) is 14.2. The molecule has 2 aromatic carbocycles. The van der Waals surface area contributed by atoms with E-state index in [0.717, 1.165) is 17.7 Å². The van der Waals surface area contributed by atoms with Crippen molar-refractivity contribution < 1.29 is 17.9 Å². The van der Waals surface area contributed by atoms with E-state index in [0.29, 0.717) is 18.8 Å². The predicted octanol–water partition coefficient (Wildman–Crippen LogP) is 3.07. The molecule has 0 fully saturated rings. The molecule has 0 bridgehead atoms. The Labute approximate surface area is 166 Å². The number of benzene rings is 2. The fourth-order valence-electron chi connectivity index (χ4n) is 3.58. The van der Waals surface area contributed by atoms with Crippen LogP contribution in [-0.2, 0) is 21.2 Å². The van der Waals surface area contributed by atoms with Crippen LogP contribution in [0.1, 0.15) is 26.3 Å². The van der Waals surface area contributed by atoms with Gasteiger partial charge >= 0.3 is 0 Å². The molecular weight excluding hydrogens is 376 g/mol. The van der Waals surface area contributed by atoms with Gasteiger partial charge in [-0.2, -0.15) is 4.31 Å². The first-order chi connectivity index (χ1) is 13.4. The smallest absolute Gasteiger partial charge is 0.265 e. The average molecular weight is 403 g/mol. The Morgan fingerprint density at radius 2 is 1.75 bits per heavy atom. The molecule has 0 N–H and O–H groups in total. The van der Waals surface area contributed by atoms with Gasteiger partial charge in [0, 0.05) is 24.8 Å². The van der Waals surface area contributed by atoms with E-state index in [1.807, 2.05) is 45.0 Å². The second-order valence-electron chi connectivity index (χ2n) is 6.80. The highest BCUT2D eigenvalue weighted by molar-refractivity contribution is 7.89. The lowest BCUT2D eigenvalue weighted by molar-refractivity contribution is -0.120. The molecule has 0 aliphatic carbocycles. The van der Waals surface area contributed by atoms with Gasteiger partial charge in [0.25, 0.3) is 5.91 Å². The van der Waals surface area contributed by atoms with Crippen LogP contribution in [0, 0.1) is 0 Å². The fraction of sp³-hybridized carbons (Fsp3) is 0.381. The molecule has 28 heavy (non-hydrogen) atoms. The monoisotopic (exact) mass is 402 g/mol. The third-order valence-electron chi connectivity index (χ3n) is 5.01. The van der Waals surface area contributed by atoms with Crippen molar-refractivity contribution in [3.8, 4) is 5.75 Å². The van der Waals surface area contributed by atoms with Crippen LogP contribution in [-0.4, -0.2) is 44.4 Å². The summed E-state index contributed by atoms with van der Waals surface area (Å²) in [5.74, 6) is 0.351. The van der Waals surface area contributed by atoms with Crippen molar-refractivity contribution in [3.63, 3.8) is 0 Å². The number of fused-ring (bicyclic) bond motifs is 1. The van der Waals surface area contributed by atoms with Crippen LogP contribution >= 0.6 is 0 Å². The molecule has 0 unspecified atom stereocenters. The van der Waals surface area contributed by atoms with Gasteiger partial charge in [-0.05, 0) is 49.2 Å². The standard InChI is InChI=1S/C21H26N2O4S/c1-4-22(5-2)28(25,26)19-12-10-18(11-13-19)27-15-21(24)23-16(3)14-17-8-6-7-9-20(17)23/h6-13,16H,4-5,14-15H2,1-3H3/t16-/m0/s1. The van der Waals surface area contributed by atoms with E-state index in [-0.39, 0.29) is 23.5 Å². The lowest BCUT2D eigenvalue weighted by Crippen LogP contribution is -2.39. The lowest BCUT2D eigenvalue weighted by atomic mass is 10.1. The minimum Gasteiger partial charge on any atom is -0.484 e. The van der Waals surface area contributed by atoms with E-state index >= 15 is 0 Å². The molecule has 0 saturated carbocycles. The fourth-order valence-corrected chi connectivity index (χ4v) is 5.04. The molecule has 6 nitrogen and oxygen atoms in total. The highest BCUT2D eigenvalue weighted by Gasteiger charge is 2.30. The predicted molar refractivity (Wildman–Crippen MR) is 109 cm³/mol.